The fourth-order valence-corrected chi connectivity index (χ4v) is 2.89. The summed E-state index contributed by atoms with van der Waals surface area (Å²) in [4.78, 5) is 18.3. The molecule has 9 heteroatoms. The van der Waals surface area contributed by atoms with Crippen LogP contribution in [0.5, 0.6) is 11.5 Å². The molecule has 3 aromatic rings. The molecule has 0 aliphatic carbocycles. The van der Waals surface area contributed by atoms with Crippen LogP contribution in [0.2, 0.25) is 0 Å². The number of ether oxygens (including phenoxy) is 2. The van der Waals surface area contributed by atoms with Gasteiger partial charge in [0, 0.05) is 39.0 Å². The summed E-state index contributed by atoms with van der Waals surface area (Å²) in [5, 5.41) is 2.84. The highest BCUT2D eigenvalue weighted by Gasteiger charge is 2.14. The van der Waals surface area contributed by atoms with E-state index in [1.54, 1.807) is 19.2 Å². The second-order valence-corrected chi connectivity index (χ2v) is 6.40. The van der Waals surface area contributed by atoms with Crippen LogP contribution in [-0.2, 0) is 13.0 Å². The zero-order valence-corrected chi connectivity index (χ0v) is 16.1. The Hall–Kier alpha value is -3.36. The number of rotatable bonds is 8. The van der Waals surface area contributed by atoms with Gasteiger partial charge in [-0.2, -0.15) is 8.78 Å². The molecule has 0 unspecified atom stereocenters. The molecule has 0 bridgehead atoms. The van der Waals surface area contributed by atoms with Crippen molar-refractivity contribution in [3.05, 3.63) is 60.0 Å². The van der Waals surface area contributed by atoms with Crippen LogP contribution in [0.25, 0.3) is 5.65 Å². The summed E-state index contributed by atoms with van der Waals surface area (Å²) in [5.74, 6) is 0.134. The third-order valence-electron chi connectivity index (χ3n) is 4.28. The Balaban J connectivity index is 1.52. The summed E-state index contributed by atoms with van der Waals surface area (Å²) in [7, 11) is 3.02. The molecule has 2 heterocycles. The number of hydrogen-bond acceptors (Lipinski definition) is 4. The van der Waals surface area contributed by atoms with Gasteiger partial charge in [-0.05, 0) is 29.8 Å². The maximum absolute atomic E-state index is 12.4. The number of aromatic nitrogens is 2. The zero-order chi connectivity index (χ0) is 20.8. The van der Waals surface area contributed by atoms with Crippen LogP contribution in [0.15, 0.2) is 48.8 Å². The smallest absolute Gasteiger partial charge is 0.387 e. The largest absolute Gasteiger partial charge is 0.493 e. The zero-order valence-electron chi connectivity index (χ0n) is 16.1. The van der Waals surface area contributed by atoms with Gasteiger partial charge in [0.1, 0.15) is 5.65 Å². The van der Waals surface area contributed by atoms with Crippen molar-refractivity contribution in [3.8, 4) is 11.5 Å². The minimum absolute atomic E-state index is 0.0502. The van der Waals surface area contributed by atoms with Crippen LogP contribution in [-0.4, -0.2) is 47.6 Å². The maximum atomic E-state index is 12.4. The van der Waals surface area contributed by atoms with Gasteiger partial charge in [0.05, 0.1) is 12.8 Å². The third kappa shape index (κ3) is 5.34. The maximum Gasteiger partial charge on any atom is 0.387 e. The molecule has 0 radical (unpaired) electrons. The Morgan fingerprint density at radius 1 is 1.28 bits per heavy atom. The van der Waals surface area contributed by atoms with E-state index in [1.807, 2.05) is 35.0 Å². The predicted octanol–water partition coefficient (Wildman–Crippen LogP) is 3.33. The Bertz CT molecular complexity index is 944. The molecule has 0 spiro atoms. The molecule has 2 amide bonds. The molecule has 0 fully saturated rings. The quantitative estimate of drug-likeness (QED) is 0.625. The predicted molar refractivity (Wildman–Crippen MR) is 103 cm³/mol. The second-order valence-electron chi connectivity index (χ2n) is 6.40. The van der Waals surface area contributed by atoms with Crippen molar-refractivity contribution in [2.75, 3.05) is 20.7 Å². The Morgan fingerprint density at radius 3 is 2.83 bits per heavy atom. The average Bonchev–Trinajstić information content (AvgIpc) is 3.11. The number of hydrogen-bond donors (Lipinski definition) is 1. The number of urea groups is 1. The molecule has 154 valence electrons. The Kier molecular flexibility index (Phi) is 6.48. The van der Waals surface area contributed by atoms with E-state index in [-0.39, 0.29) is 24.1 Å². The van der Waals surface area contributed by atoms with Crippen LogP contribution < -0.4 is 14.8 Å². The molecule has 7 nitrogen and oxygen atoms in total. The number of nitrogens with zero attached hydrogens (tertiary/aromatic N) is 3. The van der Waals surface area contributed by atoms with E-state index in [0.29, 0.717) is 13.0 Å². The standard InChI is InChI=1S/C20H22F2N4O3/c1-25(12-14-6-7-16(29-19(21)22)17(11-14)28-2)20(27)23-9-8-15-13-26-10-4-3-5-18(26)24-15/h3-7,10-11,13,19H,8-9,12H2,1-2H3,(H,23,27). The van der Waals surface area contributed by atoms with Crippen LogP contribution in [0.4, 0.5) is 13.6 Å². The van der Waals surface area contributed by atoms with E-state index in [9.17, 15) is 13.6 Å². The fourth-order valence-electron chi connectivity index (χ4n) is 2.89. The van der Waals surface area contributed by atoms with Crippen molar-refractivity contribution >= 4 is 11.7 Å². The van der Waals surface area contributed by atoms with Crippen LogP contribution in [0.3, 0.4) is 0 Å². The Labute approximate surface area is 166 Å². The van der Waals surface area contributed by atoms with Crippen LogP contribution in [0, 0.1) is 0 Å². The van der Waals surface area contributed by atoms with E-state index in [0.717, 1.165) is 16.9 Å². The van der Waals surface area contributed by atoms with E-state index < -0.39 is 6.61 Å². The fraction of sp³-hybridized carbons (Fsp3) is 0.300. The molecule has 29 heavy (non-hydrogen) atoms. The van der Waals surface area contributed by atoms with Crippen molar-refractivity contribution in [3.63, 3.8) is 0 Å². The lowest BCUT2D eigenvalue weighted by Gasteiger charge is -2.19. The van der Waals surface area contributed by atoms with Crippen molar-refractivity contribution < 1.29 is 23.0 Å². The van der Waals surface area contributed by atoms with Crippen LogP contribution in [0.1, 0.15) is 11.3 Å². The summed E-state index contributed by atoms with van der Waals surface area (Å²) < 4.78 is 36.2. The number of pyridine rings is 1. The van der Waals surface area contributed by atoms with E-state index in [2.05, 4.69) is 15.0 Å². The Morgan fingerprint density at radius 2 is 2.10 bits per heavy atom. The molecule has 0 aliphatic heterocycles. The van der Waals surface area contributed by atoms with E-state index in [1.165, 1.54) is 18.1 Å². The van der Waals surface area contributed by atoms with Crippen molar-refractivity contribution in [2.45, 2.75) is 19.6 Å². The lowest BCUT2D eigenvalue weighted by molar-refractivity contribution is -0.0512. The molecular formula is C20H22F2N4O3. The number of carbonyl (C=O) groups is 1. The summed E-state index contributed by atoms with van der Waals surface area (Å²) in [6.07, 6.45) is 4.46. The summed E-state index contributed by atoms with van der Waals surface area (Å²) in [5.41, 5.74) is 2.47. The molecule has 0 atom stereocenters. The number of nitrogens with one attached hydrogen (secondary N) is 1. The first kappa shape index (κ1) is 20.4. The number of benzene rings is 1. The molecular weight excluding hydrogens is 382 g/mol. The van der Waals surface area contributed by atoms with E-state index >= 15 is 0 Å². The number of carbonyl (C=O) groups excluding carboxylic acids is 1. The van der Waals surface area contributed by atoms with E-state index in [4.69, 9.17) is 4.74 Å². The number of fused-ring (bicyclic) bond motifs is 1. The molecule has 1 aromatic carbocycles. The van der Waals surface area contributed by atoms with Gasteiger partial charge < -0.3 is 24.1 Å². The van der Waals surface area contributed by atoms with Crippen molar-refractivity contribution in [2.24, 2.45) is 0 Å². The van der Waals surface area contributed by atoms with Gasteiger partial charge in [0.15, 0.2) is 11.5 Å². The molecule has 0 saturated carbocycles. The number of imidazole rings is 1. The summed E-state index contributed by atoms with van der Waals surface area (Å²) in [6.45, 7) is -2.21. The highest BCUT2D eigenvalue weighted by Crippen LogP contribution is 2.29. The number of methoxy groups -OCH3 is 1. The molecule has 0 aliphatic rings. The van der Waals surface area contributed by atoms with Gasteiger partial charge in [-0.15, -0.1) is 0 Å². The highest BCUT2D eigenvalue weighted by molar-refractivity contribution is 5.73. The van der Waals surface area contributed by atoms with Crippen LogP contribution >= 0.6 is 0 Å². The van der Waals surface area contributed by atoms with Gasteiger partial charge in [0.2, 0.25) is 0 Å². The minimum Gasteiger partial charge on any atom is -0.493 e. The summed E-state index contributed by atoms with van der Waals surface area (Å²) in [6, 6.07) is 10.1. The van der Waals surface area contributed by atoms with Gasteiger partial charge in [0.25, 0.3) is 0 Å². The van der Waals surface area contributed by atoms with Crippen molar-refractivity contribution in [1.29, 1.82) is 0 Å². The lowest BCUT2D eigenvalue weighted by atomic mass is 10.2. The average molecular weight is 404 g/mol. The monoisotopic (exact) mass is 404 g/mol. The first-order valence-corrected chi connectivity index (χ1v) is 8.99. The molecule has 2 aromatic heterocycles. The first-order valence-electron chi connectivity index (χ1n) is 8.99. The topological polar surface area (TPSA) is 68.1 Å². The number of halogens is 2. The minimum atomic E-state index is -2.93. The van der Waals surface area contributed by atoms with Gasteiger partial charge in [-0.25, -0.2) is 9.78 Å². The summed E-state index contributed by atoms with van der Waals surface area (Å²) >= 11 is 0. The number of alkyl halides is 2. The normalized spacial score (nSPS) is 10.9. The number of amides is 2. The van der Waals surface area contributed by atoms with Gasteiger partial charge >= 0.3 is 12.6 Å². The second kappa shape index (κ2) is 9.22. The highest BCUT2D eigenvalue weighted by atomic mass is 19.3. The van der Waals surface area contributed by atoms with Crippen molar-refractivity contribution in [1.82, 2.24) is 19.6 Å². The lowest BCUT2D eigenvalue weighted by Crippen LogP contribution is -2.37. The van der Waals surface area contributed by atoms with Gasteiger partial charge in [-0.3, -0.25) is 0 Å². The SMILES string of the molecule is COc1cc(CN(C)C(=O)NCCc2cn3ccccc3n2)ccc1OC(F)F. The third-order valence-corrected chi connectivity index (χ3v) is 4.28. The molecule has 3 rings (SSSR count). The molecule has 1 N–H and O–H groups in total. The first-order chi connectivity index (χ1) is 14.0. The van der Waals surface area contributed by atoms with Gasteiger partial charge in [-0.1, -0.05) is 12.1 Å². The molecule has 0 saturated heterocycles.